The summed E-state index contributed by atoms with van der Waals surface area (Å²) in [4.78, 5) is 26.9. The number of carbonyl (C=O) groups excluding carboxylic acids is 2. The molecule has 0 aliphatic carbocycles. The molecule has 8 heteroatoms. The summed E-state index contributed by atoms with van der Waals surface area (Å²) in [6, 6.07) is 9.94. The molecule has 7 nitrogen and oxygen atoms in total. The zero-order valence-electron chi connectivity index (χ0n) is 16.6. The Kier molecular flexibility index (Phi) is 6.64. The number of carbonyl (C=O) groups is 2. The Morgan fingerprint density at radius 3 is 2.47 bits per heavy atom. The summed E-state index contributed by atoms with van der Waals surface area (Å²) in [6.07, 6.45) is 0. The van der Waals surface area contributed by atoms with Crippen LogP contribution in [0.3, 0.4) is 0 Å². The van der Waals surface area contributed by atoms with Gasteiger partial charge in [-0.25, -0.2) is 0 Å². The molecule has 2 aromatic carbocycles. The van der Waals surface area contributed by atoms with E-state index in [4.69, 9.17) is 21.1 Å². The van der Waals surface area contributed by atoms with Gasteiger partial charge in [-0.1, -0.05) is 23.7 Å². The molecule has 2 N–H and O–H groups in total. The van der Waals surface area contributed by atoms with Crippen molar-refractivity contribution in [2.24, 2.45) is 0 Å². The second kappa shape index (κ2) is 9.19. The van der Waals surface area contributed by atoms with Crippen molar-refractivity contribution in [1.82, 2.24) is 4.90 Å². The molecule has 0 radical (unpaired) electrons. The first-order chi connectivity index (χ1) is 14.4. The molecule has 1 saturated heterocycles. The molecule has 1 heterocycles. The molecule has 1 aliphatic heterocycles. The first-order valence-electron chi connectivity index (χ1n) is 9.38. The van der Waals surface area contributed by atoms with Crippen LogP contribution < -0.4 is 4.74 Å². The van der Waals surface area contributed by atoms with Crippen molar-refractivity contribution in [3.8, 4) is 11.5 Å². The molecule has 1 atom stereocenters. The Labute approximate surface area is 179 Å². The Bertz CT molecular complexity index is 986. The molecular formula is C22H22ClNO6. The quantitative estimate of drug-likeness (QED) is 0.395. The molecule has 1 amide bonds. The summed E-state index contributed by atoms with van der Waals surface area (Å²) < 4.78 is 10.5. The van der Waals surface area contributed by atoms with Gasteiger partial charge >= 0.3 is 0 Å². The largest absolute Gasteiger partial charge is 0.508 e. The average Bonchev–Trinajstić information content (AvgIpc) is 2.98. The molecule has 0 unspecified atom stereocenters. The van der Waals surface area contributed by atoms with Crippen LogP contribution in [-0.4, -0.2) is 53.7 Å². The lowest BCUT2D eigenvalue weighted by atomic mass is 9.95. The molecule has 0 saturated carbocycles. The first kappa shape index (κ1) is 21.7. The lowest BCUT2D eigenvalue weighted by molar-refractivity contribution is -0.140. The van der Waals surface area contributed by atoms with Crippen LogP contribution in [0.25, 0.3) is 5.76 Å². The zero-order chi connectivity index (χ0) is 21.8. The summed E-state index contributed by atoms with van der Waals surface area (Å²) in [5, 5.41) is 20.9. The number of phenolic OH excluding ortho intramolecular Hbond substituents is 1. The smallest absolute Gasteiger partial charge is 0.295 e. The third-order valence-corrected chi connectivity index (χ3v) is 5.09. The van der Waals surface area contributed by atoms with Gasteiger partial charge < -0.3 is 24.6 Å². The van der Waals surface area contributed by atoms with Crippen LogP contribution in [0, 0.1) is 0 Å². The van der Waals surface area contributed by atoms with Gasteiger partial charge in [-0.05, 0) is 42.8 Å². The van der Waals surface area contributed by atoms with Crippen molar-refractivity contribution < 1.29 is 29.3 Å². The van der Waals surface area contributed by atoms with E-state index in [-0.39, 0.29) is 40.8 Å². The number of aliphatic hydroxyl groups excluding tert-OH is 1. The van der Waals surface area contributed by atoms with E-state index in [1.165, 1.54) is 30.2 Å². The maximum atomic E-state index is 12.8. The summed E-state index contributed by atoms with van der Waals surface area (Å²) in [6.45, 7) is 2.63. The Balaban J connectivity index is 2.13. The predicted octanol–water partition coefficient (Wildman–Crippen LogP) is 3.51. The molecule has 0 spiro atoms. The molecule has 3 rings (SSSR count). The maximum Gasteiger partial charge on any atom is 0.295 e. The Morgan fingerprint density at radius 2 is 1.87 bits per heavy atom. The second-order valence-electron chi connectivity index (χ2n) is 6.66. The minimum Gasteiger partial charge on any atom is -0.508 e. The number of ether oxygens (including phenoxy) is 2. The normalized spacial score (nSPS) is 18.1. The summed E-state index contributed by atoms with van der Waals surface area (Å²) in [5.74, 6) is -1.37. The molecule has 1 fully saturated rings. The van der Waals surface area contributed by atoms with Crippen molar-refractivity contribution in [1.29, 1.82) is 0 Å². The van der Waals surface area contributed by atoms with Crippen molar-refractivity contribution >= 4 is 29.1 Å². The van der Waals surface area contributed by atoms with Gasteiger partial charge in [-0.2, -0.15) is 0 Å². The fourth-order valence-corrected chi connectivity index (χ4v) is 3.61. The van der Waals surface area contributed by atoms with E-state index in [1.54, 1.807) is 24.3 Å². The number of ketones is 1. The van der Waals surface area contributed by atoms with E-state index in [0.29, 0.717) is 17.9 Å². The van der Waals surface area contributed by atoms with Gasteiger partial charge in [0.05, 0.1) is 29.9 Å². The SMILES string of the molecule is CCOc1ccc(C(O)=C2C(=O)C(=O)N(CCOC)[C@H]2c2ccc(O)cc2)cc1Cl. The number of benzene rings is 2. The molecule has 30 heavy (non-hydrogen) atoms. The van der Waals surface area contributed by atoms with Crippen LogP contribution in [-0.2, 0) is 14.3 Å². The number of nitrogens with zero attached hydrogens (tertiary/aromatic N) is 1. The van der Waals surface area contributed by atoms with Gasteiger partial charge in [0.1, 0.15) is 17.3 Å². The van der Waals surface area contributed by atoms with E-state index in [2.05, 4.69) is 0 Å². The van der Waals surface area contributed by atoms with Gasteiger partial charge in [-0.15, -0.1) is 0 Å². The molecule has 158 valence electrons. The minimum atomic E-state index is -0.828. The number of methoxy groups -OCH3 is 1. The number of halogens is 1. The topological polar surface area (TPSA) is 96.3 Å². The Morgan fingerprint density at radius 1 is 1.17 bits per heavy atom. The fraction of sp³-hybridized carbons (Fsp3) is 0.273. The van der Waals surface area contributed by atoms with Crippen LogP contribution in [0.5, 0.6) is 11.5 Å². The summed E-state index contributed by atoms with van der Waals surface area (Å²) in [5.41, 5.74) is 0.806. The average molecular weight is 432 g/mol. The van der Waals surface area contributed by atoms with Gasteiger partial charge in [0.25, 0.3) is 11.7 Å². The maximum absolute atomic E-state index is 12.8. The first-order valence-corrected chi connectivity index (χ1v) is 9.75. The third-order valence-electron chi connectivity index (χ3n) is 4.79. The number of phenols is 1. The van der Waals surface area contributed by atoms with Gasteiger partial charge in [0.2, 0.25) is 0 Å². The lowest BCUT2D eigenvalue weighted by Crippen LogP contribution is -2.32. The van der Waals surface area contributed by atoms with Crippen LogP contribution in [0.15, 0.2) is 48.0 Å². The fourth-order valence-electron chi connectivity index (χ4n) is 3.38. The van der Waals surface area contributed by atoms with Crippen molar-refractivity contribution in [2.75, 3.05) is 26.9 Å². The van der Waals surface area contributed by atoms with E-state index in [1.807, 2.05) is 6.92 Å². The Hall–Kier alpha value is -3.03. The minimum absolute atomic E-state index is 0.0471. The highest BCUT2D eigenvalue weighted by Crippen LogP contribution is 2.40. The number of amides is 1. The number of hydrogen-bond donors (Lipinski definition) is 2. The predicted molar refractivity (Wildman–Crippen MR) is 112 cm³/mol. The summed E-state index contributed by atoms with van der Waals surface area (Å²) in [7, 11) is 1.49. The van der Waals surface area contributed by atoms with Crippen LogP contribution >= 0.6 is 11.6 Å². The van der Waals surface area contributed by atoms with E-state index in [9.17, 15) is 19.8 Å². The number of Topliss-reactive ketones (excluding diaryl/α,β-unsaturated/α-hetero) is 1. The molecule has 0 bridgehead atoms. The van der Waals surface area contributed by atoms with Crippen molar-refractivity contribution in [3.63, 3.8) is 0 Å². The molecule has 1 aliphatic rings. The highest BCUT2D eigenvalue weighted by atomic mass is 35.5. The van der Waals surface area contributed by atoms with Gasteiger partial charge in [0.15, 0.2) is 0 Å². The number of rotatable bonds is 7. The number of aliphatic hydroxyl groups is 1. The number of hydrogen-bond acceptors (Lipinski definition) is 6. The molecule has 2 aromatic rings. The standard InChI is InChI=1S/C22H22ClNO6/c1-3-30-17-9-6-14(12-16(17)23)20(26)18-19(13-4-7-15(25)8-5-13)24(10-11-29-2)22(28)21(18)27/h4-9,12,19,25-26H,3,10-11H2,1-2H3/t19-/m0/s1. The molecule has 0 aromatic heterocycles. The van der Waals surface area contributed by atoms with E-state index in [0.717, 1.165) is 0 Å². The zero-order valence-corrected chi connectivity index (χ0v) is 17.3. The van der Waals surface area contributed by atoms with Crippen molar-refractivity contribution in [2.45, 2.75) is 13.0 Å². The second-order valence-corrected chi connectivity index (χ2v) is 7.06. The molecular weight excluding hydrogens is 410 g/mol. The van der Waals surface area contributed by atoms with Gasteiger partial charge in [-0.3, -0.25) is 9.59 Å². The lowest BCUT2D eigenvalue weighted by Gasteiger charge is -2.25. The monoisotopic (exact) mass is 431 g/mol. The van der Waals surface area contributed by atoms with E-state index < -0.39 is 17.7 Å². The third kappa shape index (κ3) is 4.13. The van der Waals surface area contributed by atoms with E-state index >= 15 is 0 Å². The number of aromatic hydroxyl groups is 1. The van der Waals surface area contributed by atoms with Gasteiger partial charge in [0, 0.05) is 19.2 Å². The van der Waals surface area contributed by atoms with Crippen LogP contribution in [0.2, 0.25) is 5.02 Å². The van der Waals surface area contributed by atoms with Crippen molar-refractivity contribution in [3.05, 3.63) is 64.2 Å². The van der Waals surface area contributed by atoms with Crippen LogP contribution in [0.4, 0.5) is 0 Å². The highest BCUT2D eigenvalue weighted by molar-refractivity contribution is 6.46. The number of likely N-dealkylation sites (tertiary alicyclic amines) is 1. The highest BCUT2D eigenvalue weighted by Gasteiger charge is 2.45. The van der Waals surface area contributed by atoms with Crippen LogP contribution in [0.1, 0.15) is 24.1 Å². The summed E-state index contributed by atoms with van der Waals surface area (Å²) >= 11 is 6.23.